The Morgan fingerprint density at radius 3 is 2.65 bits per heavy atom. The molecule has 1 aromatic carbocycles. The van der Waals surface area contributed by atoms with E-state index < -0.39 is 23.6 Å². The average molecular weight is 284 g/mol. The Balaban J connectivity index is 2.65. The molecule has 0 saturated heterocycles. The number of halogens is 1. The lowest BCUT2D eigenvalue weighted by molar-refractivity contribution is 0.0524. The predicted molar refractivity (Wildman–Crippen MR) is 74.1 cm³/mol. The molecule has 3 N–H and O–H groups in total. The number of benzene rings is 1. The maximum absolute atomic E-state index is 13.2. The molecule has 0 aromatic heterocycles. The predicted octanol–water partition coefficient (Wildman–Crippen LogP) is 2.36. The first-order chi connectivity index (χ1) is 9.23. The van der Waals surface area contributed by atoms with Gasteiger partial charge < -0.3 is 20.5 Å². The van der Waals surface area contributed by atoms with Gasteiger partial charge in [0.1, 0.15) is 17.2 Å². The molecular formula is C14H21FN2O3. The summed E-state index contributed by atoms with van der Waals surface area (Å²) >= 11 is 0. The van der Waals surface area contributed by atoms with Gasteiger partial charge in [-0.1, -0.05) is 0 Å². The number of rotatable bonds is 4. The summed E-state index contributed by atoms with van der Waals surface area (Å²) < 4.78 is 23.5. The molecule has 0 saturated carbocycles. The highest BCUT2D eigenvalue weighted by atomic mass is 19.1. The van der Waals surface area contributed by atoms with Crippen molar-refractivity contribution < 1.29 is 18.7 Å². The Bertz CT molecular complexity index is 472. The Morgan fingerprint density at radius 2 is 2.10 bits per heavy atom. The van der Waals surface area contributed by atoms with Crippen LogP contribution in [0.3, 0.4) is 0 Å². The van der Waals surface area contributed by atoms with Gasteiger partial charge >= 0.3 is 6.09 Å². The number of hydrogen-bond donors (Lipinski definition) is 2. The molecule has 20 heavy (non-hydrogen) atoms. The number of hydrogen-bond acceptors (Lipinski definition) is 4. The van der Waals surface area contributed by atoms with Gasteiger partial charge in [0.25, 0.3) is 0 Å². The zero-order valence-corrected chi connectivity index (χ0v) is 12.2. The third-order valence-corrected chi connectivity index (χ3v) is 2.46. The van der Waals surface area contributed by atoms with Gasteiger partial charge in [-0.2, -0.15) is 0 Å². The lowest BCUT2D eigenvalue weighted by Gasteiger charge is -2.21. The van der Waals surface area contributed by atoms with Crippen LogP contribution in [0.25, 0.3) is 0 Å². The van der Waals surface area contributed by atoms with Crippen LogP contribution in [0.1, 0.15) is 32.4 Å². The molecule has 0 fully saturated rings. The molecule has 0 spiro atoms. The molecule has 6 heteroatoms. The second-order valence-corrected chi connectivity index (χ2v) is 5.38. The molecule has 0 aliphatic rings. The molecule has 5 nitrogen and oxygen atoms in total. The molecule has 112 valence electrons. The van der Waals surface area contributed by atoms with E-state index in [0.717, 1.165) is 0 Å². The van der Waals surface area contributed by atoms with Crippen molar-refractivity contribution in [3.05, 3.63) is 29.6 Å². The molecule has 0 bridgehead atoms. The summed E-state index contributed by atoms with van der Waals surface area (Å²) in [5, 5.41) is 2.54. The van der Waals surface area contributed by atoms with E-state index in [4.69, 9.17) is 15.2 Å². The molecule has 0 heterocycles. The van der Waals surface area contributed by atoms with E-state index in [1.165, 1.54) is 25.3 Å². The summed E-state index contributed by atoms with van der Waals surface area (Å²) in [5.41, 5.74) is 5.85. The van der Waals surface area contributed by atoms with Crippen molar-refractivity contribution in [2.75, 3.05) is 13.7 Å². The third-order valence-electron chi connectivity index (χ3n) is 2.46. The fourth-order valence-corrected chi connectivity index (χ4v) is 1.61. The minimum absolute atomic E-state index is 0.120. The molecule has 1 unspecified atom stereocenters. The molecule has 0 radical (unpaired) electrons. The third kappa shape index (κ3) is 5.05. The highest BCUT2D eigenvalue weighted by Gasteiger charge is 2.18. The van der Waals surface area contributed by atoms with Crippen LogP contribution >= 0.6 is 0 Å². The van der Waals surface area contributed by atoms with Crippen LogP contribution in [-0.2, 0) is 4.74 Å². The van der Waals surface area contributed by atoms with Gasteiger partial charge in [-0.15, -0.1) is 0 Å². The van der Waals surface area contributed by atoms with Crippen LogP contribution < -0.4 is 15.8 Å². The van der Waals surface area contributed by atoms with E-state index in [1.807, 2.05) is 0 Å². The van der Waals surface area contributed by atoms with Gasteiger partial charge in [0.2, 0.25) is 0 Å². The van der Waals surface area contributed by atoms with Crippen LogP contribution in [0.15, 0.2) is 18.2 Å². The van der Waals surface area contributed by atoms with Crippen LogP contribution in [0.2, 0.25) is 0 Å². The largest absolute Gasteiger partial charge is 0.496 e. The standard InChI is InChI=1S/C14H21FN2O3/c1-14(2,3)20-13(18)17-8-11(16)10-7-9(15)5-6-12(10)19-4/h5-7,11H,8,16H2,1-4H3,(H,17,18). The van der Waals surface area contributed by atoms with Crippen molar-refractivity contribution in [2.24, 2.45) is 5.73 Å². The maximum atomic E-state index is 13.2. The van der Waals surface area contributed by atoms with E-state index in [0.29, 0.717) is 11.3 Å². The molecule has 1 amide bonds. The molecule has 0 aliphatic carbocycles. The number of amides is 1. The van der Waals surface area contributed by atoms with Crippen molar-refractivity contribution >= 4 is 6.09 Å². The first kappa shape index (κ1) is 16.2. The Labute approximate surface area is 118 Å². The van der Waals surface area contributed by atoms with Gasteiger partial charge in [-0.3, -0.25) is 0 Å². The zero-order valence-electron chi connectivity index (χ0n) is 12.2. The van der Waals surface area contributed by atoms with Crippen LogP contribution in [-0.4, -0.2) is 25.3 Å². The Morgan fingerprint density at radius 1 is 1.45 bits per heavy atom. The first-order valence-corrected chi connectivity index (χ1v) is 6.29. The number of nitrogens with two attached hydrogens (primary N) is 1. The minimum Gasteiger partial charge on any atom is -0.496 e. The first-order valence-electron chi connectivity index (χ1n) is 6.29. The fraction of sp³-hybridized carbons (Fsp3) is 0.500. The number of carbonyl (C=O) groups excluding carboxylic acids is 1. The topological polar surface area (TPSA) is 73.6 Å². The quantitative estimate of drug-likeness (QED) is 0.890. The number of carbonyl (C=O) groups is 1. The highest BCUT2D eigenvalue weighted by Crippen LogP contribution is 2.24. The van der Waals surface area contributed by atoms with Crippen molar-refractivity contribution in [3.63, 3.8) is 0 Å². The summed E-state index contributed by atoms with van der Waals surface area (Å²) in [5.74, 6) is 0.0680. The second kappa shape index (κ2) is 6.56. The van der Waals surface area contributed by atoms with Gasteiger partial charge in [0, 0.05) is 12.1 Å². The summed E-state index contributed by atoms with van der Waals surface area (Å²) in [6.07, 6.45) is -0.566. The van der Waals surface area contributed by atoms with Gasteiger partial charge in [0.05, 0.1) is 13.2 Å². The Hall–Kier alpha value is -1.82. The van der Waals surface area contributed by atoms with Gasteiger partial charge in [-0.25, -0.2) is 9.18 Å². The molecule has 1 aromatic rings. The van der Waals surface area contributed by atoms with Crippen LogP contribution in [0.5, 0.6) is 5.75 Å². The SMILES string of the molecule is COc1ccc(F)cc1C(N)CNC(=O)OC(C)(C)C. The zero-order chi connectivity index (χ0) is 15.3. The van der Waals surface area contributed by atoms with E-state index in [1.54, 1.807) is 20.8 Å². The summed E-state index contributed by atoms with van der Waals surface area (Å²) in [6, 6.07) is 3.49. The summed E-state index contributed by atoms with van der Waals surface area (Å²) in [6.45, 7) is 5.42. The molecule has 1 atom stereocenters. The van der Waals surface area contributed by atoms with E-state index >= 15 is 0 Å². The smallest absolute Gasteiger partial charge is 0.407 e. The fourth-order valence-electron chi connectivity index (χ4n) is 1.61. The lowest BCUT2D eigenvalue weighted by Crippen LogP contribution is -2.36. The number of ether oxygens (including phenoxy) is 2. The van der Waals surface area contributed by atoms with Crippen LogP contribution in [0.4, 0.5) is 9.18 Å². The Kier molecular flexibility index (Phi) is 5.33. The second-order valence-electron chi connectivity index (χ2n) is 5.38. The lowest BCUT2D eigenvalue weighted by atomic mass is 10.1. The number of methoxy groups -OCH3 is 1. The van der Waals surface area contributed by atoms with E-state index in [-0.39, 0.29) is 6.54 Å². The van der Waals surface area contributed by atoms with Crippen molar-refractivity contribution in [2.45, 2.75) is 32.4 Å². The van der Waals surface area contributed by atoms with Crippen molar-refractivity contribution in [1.82, 2.24) is 5.32 Å². The molecule has 1 rings (SSSR count). The monoisotopic (exact) mass is 284 g/mol. The van der Waals surface area contributed by atoms with Crippen molar-refractivity contribution in [1.29, 1.82) is 0 Å². The summed E-state index contributed by atoms with van der Waals surface area (Å²) in [7, 11) is 1.48. The normalized spacial score (nSPS) is 12.7. The molecular weight excluding hydrogens is 263 g/mol. The number of alkyl carbamates (subject to hydrolysis) is 1. The van der Waals surface area contributed by atoms with E-state index in [9.17, 15) is 9.18 Å². The van der Waals surface area contributed by atoms with Crippen molar-refractivity contribution in [3.8, 4) is 5.75 Å². The minimum atomic E-state index is -0.590. The van der Waals surface area contributed by atoms with E-state index in [2.05, 4.69) is 5.32 Å². The number of nitrogens with one attached hydrogen (secondary N) is 1. The maximum Gasteiger partial charge on any atom is 0.407 e. The van der Waals surface area contributed by atoms with Gasteiger partial charge in [-0.05, 0) is 39.0 Å². The average Bonchev–Trinajstić information content (AvgIpc) is 2.33. The molecule has 0 aliphatic heterocycles. The van der Waals surface area contributed by atoms with Gasteiger partial charge in [0.15, 0.2) is 0 Å². The highest BCUT2D eigenvalue weighted by molar-refractivity contribution is 5.67. The summed E-state index contributed by atoms with van der Waals surface area (Å²) in [4.78, 5) is 11.5. The van der Waals surface area contributed by atoms with Crippen LogP contribution in [0, 0.1) is 5.82 Å².